The van der Waals surface area contributed by atoms with Crippen LogP contribution in [0.25, 0.3) is 0 Å². The van der Waals surface area contributed by atoms with Gasteiger partial charge in [0.05, 0.1) is 0 Å². The second kappa shape index (κ2) is 28.2. The molecule has 0 saturated carbocycles. The van der Waals surface area contributed by atoms with Crippen molar-refractivity contribution >= 4 is 42.1 Å². The summed E-state index contributed by atoms with van der Waals surface area (Å²) in [6.07, 6.45) is 0. The molecule has 0 unspecified atom stereocenters. The van der Waals surface area contributed by atoms with Crippen LogP contribution in [-0.4, -0.2) is 42.1 Å². The molecular weight excluding hydrogens is 522 g/mol. The summed E-state index contributed by atoms with van der Waals surface area (Å²) >= 11 is 0.0556. The van der Waals surface area contributed by atoms with Gasteiger partial charge in [-0.25, -0.2) is 0 Å². The largest absolute Gasteiger partial charge is 0 e. The summed E-state index contributed by atoms with van der Waals surface area (Å²) in [6, 6.07) is 0. The summed E-state index contributed by atoms with van der Waals surface area (Å²) < 4.78 is 8.39. The van der Waals surface area contributed by atoms with Crippen molar-refractivity contribution in [3.63, 3.8) is 0 Å². The molecule has 0 aromatic carbocycles. The summed E-state index contributed by atoms with van der Waals surface area (Å²) in [5.41, 5.74) is 0. The van der Waals surface area contributed by atoms with Crippen molar-refractivity contribution in [1.82, 2.24) is 0 Å². The van der Waals surface area contributed by atoms with Crippen molar-refractivity contribution in [1.29, 1.82) is 0 Å². The van der Waals surface area contributed by atoms with Crippen molar-refractivity contribution in [2.45, 2.75) is 0 Å². The van der Waals surface area contributed by atoms with E-state index in [-0.39, 0.29) is 94.1 Å². The molecule has 0 amide bonds. The first-order chi connectivity index (χ1) is 1.00. The van der Waals surface area contributed by atoms with E-state index in [0.29, 0.717) is 0 Å². The Morgan fingerprint density at radius 3 is 1.20 bits per heavy atom. The molecule has 5 heavy (non-hydrogen) atoms. The molecule has 5 heteroatoms. The topological polar surface area (TPSA) is 17.1 Å². The fourth-order valence-corrected chi connectivity index (χ4v) is 0. The van der Waals surface area contributed by atoms with Gasteiger partial charge in [-0.15, -0.1) is 0 Å². The Balaban J connectivity index is -0.00000000167. The van der Waals surface area contributed by atoms with Crippen molar-refractivity contribution in [3.05, 3.63) is 0 Å². The van der Waals surface area contributed by atoms with Gasteiger partial charge in [-0.2, -0.15) is 0 Å². The van der Waals surface area contributed by atoms with Crippen LogP contribution >= 0.6 is 0 Å². The minimum atomic E-state index is 0. The van der Waals surface area contributed by atoms with Crippen LogP contribution in [0.5, 0.6) is 0 Å². The van der Waals surface area contributed by atoms with Crippen LogP contribution in [0.3, 0.4) is 0 Å². The van der Waals surface area contributed by atoms with Gasteiger partial charge in [0.25, 0.3) is 0 Å². The van der Waals surface area contributed by atoms with Crippen LogP contribution in [0, 0.1) is 0 Å². The fourth-order valence-electron chi connectivity index (χ4n) is 0. The monoisotopic (exact) mass is 526 g/mol. The van der Waals surface area contributed by atoms with Gasteiger partial charge in [0.15, 0.2) is 17.4 Å². The normalized spacial score (nSPS) is 0.800. The van der Waals surface area contributed by atoms with Gasteiger partial charge in [0, 0.05) is 52.0 Å². The molecule has 0 aromatic rings. The smallest absolute Gasteiger partial charge is 0 e. The van der Waals surface area contributed by atoms with Gasteiger partial charge in [-0.1, -0.05) is 0 Å². The summed E-state index contributed by atoms with van der Waals surface area (Å²) in [5.74, 6) is 0. The van der Waals surface area contributed by atoms with E-state index in [2.05, 4.69) is 0 Å². The Morgan fingerprint density at radius 1 is 1.20 bits per heavy atom. The minimum absolute atomic E-state index is 0. The molecule has 0 heterocycles. The van der Waals surface area contributed by atoms with Gasteiger partial charge < -0.3 is 0 Å². The molecule has 0 aliphatic rings. The average molecular weight is 526 g/mol. The predicted molar refractivity (Wildman–Crippen MR) is 17.8 cm³/mol. The third-order valence-corrected chi connectivity index (χ3v) is 0. The summed E-state index contributed by atoms with van der Waals surface area (Å²) in [5, 5.41) is 0. The van der Waals surface area contributed by atoms with Crippen molar-refractivity contribution < 1.29 is 54.9 Å². The van der Waals surface area contributed by atoms with E-state index in [1.807, 2.05) is 0 Å². The maximum Gasteiger partial charge on any atom is 0 e. The molecule has 0 aliphatic carbocycles. The molecule has 26 valence electrons. The Labute approximate surface area is 95.0 Å². The molecule has 0 radical (unpaired) electrons. The molecular formula is H4AlBiHfOZr. The average Bonchev–Trinajstić information content (AvgIpc) is 1.00. The SMILES string of the molecule is [AlH3].[Hf].[O]=[BiH].[Zr]. The number of hydrogen-bond donors (Lipinski definition) is 0. The maximum absolute atomic E-state index is 8.39. The van der Waals surface area contributed by atoms with E-state index in [0.717, 1.165) is 0 Å². The van der Waals surface area contributed by atoms with E-state index in [1.54, 1.807) is 0 Å². The van der Waals surface area contributed by atoms with Gasteiger partial charge >= 0.3 is 27.5 Å². The standard InChI is InChI=1S/Al.Bi.Hf.O.Zr.4H. The molecule has 0 aromatic heterocycles. The first-order valence-corrected chi connectivity index (χ1v) is 1.79. The van der Waals surface area contributed by atoms with Gasteiger partial charge in [-0.05, 0) is 0 Å². The van der Waals surface area contributed by atoms with Gasteiger partial charge in [0.2, 0.25) is 0 Å². The van der Waals surface area contributed by atoms with Crippen LogP contribution in [0.4, 0.5) is 0 Å². The van der Waals surface area contributed by atoms with E-state index in [9.17, 15) is 0 Å². The van der Waals surface area contributed by atoms with Crippen molar-refractivity contribution in [2.24, 2.45) is 0 Å². The molecule has 0 saturated heterocycles. The van der Waals surface area contributed by atoms with E-state index in [1.165, 1.54) is 0 Å². The van der Waals surface area contributed by atoms with E-state index >= 15 is 0 Å². The van der Waals surface area contributed by atoms with E-state index in [4.69, 9.17) is 2.81 Å². The zero-order chi connectivity index (χ0) is 2.00. The molecule has 0 atom stereocenters. The molecule has 0 rings (SSSR count). The second-order valence-corrected chi connectivity index (χ2v) is 0. The molecule has 0 N–H and O–H groups in total. The Hall–Kier alpha value is 2.97. The quantitative estimate of drug-likeness (QED) is 0.336. The molecule has 1 nitrogen and oxygen atoms in total. The Bertz CT molecular complexity index is 11.6. The zero-order valence-electron chi connectivity index (χ0n) is 1.91. The summed E-state index contributed by atoms with van der Waals surface area (Å²) in [4.78, 5) is 0. The van der Waals surface area contributed by atoms with Gasteiger partial charge in [-0.3, -0.25) is 0 Å². The van der Waals surface area contributed by atoms with Crippen molar-refractivity contribution in [3.8, 4) is 0 Å². The molecule has 0 fully saturated rings. The Kier molecular flexibility index (Phi) is 138. The van der Waals surface area contributed by atoms with E-state index < -0.39 is 0 Å². The third kappa shape index (κ3) is 19.5. The van der Waals surface area contributed by atoms with Gasteiger partial charge in [0.1, 0.15) is 0 Å². The summed E-state index contributed by atoms with van der Waals surface area (Å²) in [7, 11) is 0. The minimum Gasteiger partial charge on any atom is 0 e. The van der Waals surface area contributed by atoms with Crippen LogP contribution in [0.15, 0.2) is 0 Å². The predicted octanol–water partition coefficient (Wildman–Crippen LogP) is -1.96. The fraction of sp³-hybridized carbons (Fsp3) is 0. The third-order valence-electron chi connectivity index (χ3n) is 0. The van der Waals surface area contributed by atoms with Crippen LogP contribution in [0.2, 0.25) is 0 Å². The summed E-state index contributed by atoms with van der Waals surface area (Å²) in [6.45, 7) is 0. The first-order valence-electron chi connectivity index (χ1n) is 0.204. The maximum atomic E-state index is 8.39. The number of hydrogen-bond acceptors (Lipinski definition) is 1. The van der Waals surface area contributed by atoms with Crippen LogP contribution in [-0.2, 0) is 54.9 Å². The van der Waals surface area contributed by atoms with Crippen LogP contribution in [0.1, 0.15) is 0 Å². The van der Waals surface area contributed by atoms with Crippen LogP contribution < -0.4 is 0 Å². The first kappa shape index (κ1) is 24.6. The Morgan fingerprint density at radius 2 is 1.20 bits per heavy atom. The molecule has 0 bridgehead atoms. The van der Waals surface area contributed by atoms with Crippen molar-refractivity contribution in [2.75, 3.05) is 0 Å². The number of rotatable bonds is 0. The zero-order valence-corrected chi connectivity index (χ0v) is 11.8. The molecule has 0 aliphatic heterocycles. The second-order valence-electron chi connectivity index (χ2n) is 0. The molecule has 0 spiro atoms.